The normalized spacial score (nSPS) is 13.0. The summed E-state index contributed by atoms with van der Waals surface area (Å²) in [5.41, 5.74) is 0. The highest BCUT2D eigenvalue weighted by molar-refractivity contribution is 7.94. The summed E-state index contributed by atoms with van der Waals surface area (Å²) in [5.74, 6) is -2.08. The van der Waals surface area contributed by atoms with Gasteiger partial charge in [0.15, 0.2) is 9.84 Å². The van der Waals surface area contributed by atoms with Crippen molar-refractivity contribution < 1.29 is 23.1 Å². The third kappa shape index (κ3) is 5.78. The van der Waals surface area contributed by atoms with Crippen molar-refractivity contribution in [2.75, 3.05) is 6.54 Å². The number of hydrogen-bond donors (Lipinski definition) is 2. The Morgan fingerprint density at radius 3 is 2.48 bits per heavy atom. The molecule has 0 spiro atoms. The van der Waals surface area contributed by atoms with Gasteiger partial charge >= 0.3 is 5.97 Å². The highest BCUT2D eigenvalue weighted by Gasteiger charge is 2.11. The largest absolute Gasteiger partial charge is 0.481 e. The molecule has 1 unspecified atom stereocenters. The molecule has 0 radical (unpaired) electrons. The maximum absolute atomic E-state index is 11.9. The summed E-state index contributed by atoms with van der Waals surface area (Å²) in [6, 6.07) is 7.75. The van der Waals surface area contributed by atoms with Crippen molar-refractivity contribution in [3.63, 3.8) is 0 Å². The Kier molecular flexibility index (Phi) is 6.10. The van der Waals surface area contributed by atoms with Gasteiger partial charge in [-0.05, 0) is 18.6 Å². The molecule has 0 aliphatic rings. The predicted octanol–water partition coefficient (Wildman–Crippen LogP) is 1.20. The lowest BCUT2D eigenvalue weighted by Gasteiger charge is -2.05. The Hall–Kier alpha value is -2.15. The van der Waals surface area contributed by atoms with Gasteiger partial charge < -0.3 is 10.4 Å². The van der Waals surface area contributed by atoms with Crippen molar-refractivity contribution in [3.8, 4) is 0 Å². The summed E-state index contributed by atoms with van der Waals surface area (Å²) in [6.45, 7) is 1.70. The van der Waals surface area contributed by atoms with Crippen LogP contribution in [0.2, 0.25) is 0 Å². The van der Waals surface area contributed by atoms with E-state index in [0.717, 1.165) is 11.5 Å². The SMILES string of the molecule is CC(CCNC(=O)/C=C/S(=O)(=O)c1ccccc1)C(=O)O. The molecular formula is C14H17NO5S. The van der Waals surface area contributed by atoms with Gasteiger partial charge in [-0.3, -0.25) is 9.59 Å². The Labute approximate surface area is 123 Å². The molecule has 0 heterocycles. The summed E-state index contributed by atoms with van der Waals surface area (Å²) in [5, 5.41) is 11.9. The van der Waals surface area contributed by atoms with Crippen LogP contribution < -0.4 is 5.32 Å². The molecule has 7 heteroatoms. The van der Waals surface area contributed by atoms with Crippen molar-refractivity contribution in [3.05, 3.63) is 41.8 Å². The Bertz CT molecular complexity index is 622. The molecule has 0 aliphatic heterocycles. The van der Waals surface area contributed by atoms with Crippen LogP contribution in [0.3, 0.4) is 0 Å². The highest BCUT2D eigenvalue weighted by atomic mass is 32.2. The fourth-order valence-electron chi connectivity index (χ4n) is 1.43. The van der Waals surface area contributed by atoms with Gasteiger partial charge in [-0.15, -0.1) is 0 Å². The van der Waals surface area contributed by atoms with Crippen molar-refractivity contribution in [1.29, 1.82) is 0 Å². The molecular weight excluding hydrogens is 294 g/mol. The number of carboxylic acids is 1. The van der Waals surface area contributed by atoms with Crippen molar-refractivity contribution >= 4 is 21.7 Å². The molecule has 0 aromatic heterocycles. The number of sulfone groups is 1. The van der Waals surface area contributed by atoms with Crippen molar-refractivity contribution in [1.82, 2.24) is 5.32 Å². The number of benzene rings is 1. The first-order valence-electron chi connectivity index (χ1n) is 6.32. The van der Waals surface area contributed by atoms with Gasteiger partial charge in [0.05, 0.1) is 10.8 Å². The van der Waals surface area contributed by atoms with Crippen molar-refractivity contribution in [2.24, 2.45) is 5.92 Å². The van der Waals surface area contributed by atoms with E-state index in [2.05, 4.69) is 5.32 Å². The van der Waals surface area contributed by atoms with Gasteiger partial charge in [0.1, 0.15) is 0 Å². The van der Waals surface area contributed by atoms with Crippen LogP contribution in [-0.4, -0.2) is 31.9 Å². The predicted molar refractivity (Wildman–Crippen MR) is 77.2 cm³/mol. The lowest BCUT2D eigenvalue weighted by molar-refractivity contribution is -0.141. The van der Waals surface area contributed by atoms with E-state index in [1.807, 2.05) is 0 Å². The molecule has 1 amide bonds. The molecule has 0 saturated carbocycles. The number of aliphatic carboxylic acids is 1. The zero-order chi connectivity index (χ0) is 15.9. The second-order valence-corrected chi connectivity index (χ2v) is 6.31. The molecule has 6 nitrogen and oxygen atoms in total. The third-order valence-electron chi connectivity index (χ3n) is 2.77. The molecule has 114 valence electrons. The van der Waals surface area contributed by atoms with Gasteiger partial charge in [0, 0.05) is 18.0 Å². The van der Waals surface area contributed by atoms with Crippen LogP contribution in [0.5, 0.6) is 0 Å². The molecule has 0 bridgehead atoms. The van der Waals surface area contributed by atoms with Gasteiger partial charge in [0.25, 0.3) is 0 Å². The maximum atomic E-state index is 11.9. The first-order chi connectivity index (χ1) is 9.83. The average molecular weight is 311 g/mol. The van der Waals surface area contributed by atoms with Crippen LogP contribution in [0, 0.1) is 5.92 Å². The molecule has 1 atom stereocenters. The minimum atomic E-state index is -3.65. The Morgan fingerprint density at radius 1 is 1.29 bits per heavy atom. The summed E-state index contributed by atoms with van der Waals surface area (Å²) < 4.78 is 23.7. The zero-order valence-electron chi connectivity index (χ0n) is 11.5. The number of hydrogen-bond acceptors (Lipinski definition) is 4. The van der Waals surface area contributed by atoms with Crippen LogP contribution in [0.4, 0.5) is 0 Å². The quantitative estimate of drug-likeness (QED) is 0.737. The van der Waals surface area contributed by atoms with E-state index in [1.165, 1.54) is 19.1 Å². The monoisotopic (exact) mass is 311 g/mol. The number of rotatable bonds is 7. The van der Waals surface area contributed by atoms with Gasteiger partial charge in [-0.2, -0.15) is 0 Å². The third-order valence-corrected chi connectivity index (χ3v) is 4.19. The van der Waals surface area contributed by atoms with E-state index in [9.17, 15) is 18.0 Å². The number of carbonyl (C=O) groups is 2. The van der Waals surface area contributed by atoms with Gasteiger partial charge in [-0.25, -0.2) is 8.42 Å². The zero-order valence-corrected chi connectivity index (χ0v) is 12.3. The summed E-state index contributed by atoms with van der Waals surface area (Å²) in [7, 11) is -3.65. The van der Waals surface area contributed by atoms with E-state index in [0.29, 0.717) is 0 Å². The standard InChI is InChI=1S/C14H17NO5S/c1-11(14(17)18)7-9-15-13(16)8-10-21(19,20)12-5-3-2-4-6-12/h2-6,8,10-11H,7,9H2,1H3,(H,15,16)(H,17,18)/b10-8+. The van der Waals surface area contributed by atoms with Crippen LogP contribution in [0.25, 0.3) is 0 Å². The molecule has 0 aliphatic carbocycles. The number of nitrogens with one attached hydrogen (secondary N) is 1. The Morgan fingerprint density at radius 2 is 1.90 bits per heavy atom. The Balaban J connectivity index is 2.53. The second-order valence-electron chi connectivity index (χ2n) is 4.48. The van der Waals surface area contributed by atoms with Crippen LogP contribution in [-0.2, 0) is 19.4 Å². The summed E-state index contributed by atoms with van der Waals surface area (Å²) in [6.07, 6.45) is 1.20. The van der Waals surface area contributed by atoms with E-state index < -0.39 is 27.6 Å². The number of carboxylic acid groups (broad SMARTS) is 1. The lowest BCUT2D eigenvalue weighted by Crippen LogP contribution is -2.25. The minimum Gasteiger partial charge on any atom is -0.481 e. The fraction of sp³-hybridized carbons (Fsp3) is 0.286. The van der Waals surface area contributed by atoms with E-state index >= 15 is 0 Å². The molecule has 1 rings (SSSR count). The second kappa shape index (κ2) is 7.58. The fourth-order valence-corrected chi connectivity index (χ4v) is 2.43. The van der Waals surface area contributed by atoms with E-state index in [1.54, 1.807) is 18.2 Å². The topological polar surface area (TPSA) is 101 Å². The van der Waals surface area contributed by atoms with E-state index in [-0.39, 0.29) is 17.9 Å². The van der Waals surface area contributed by atoms with E-state index in [4.69, 9.17) is 5.11 Å². The first-order valence-corrected chi connectivity index (χ1v) is 7.86. The molecule has 2 N–H and O–H groups in total. The minimum absolute atomic E-state index is 0.105. The maximum Gasteiger partial charge on any atom is 0.306 e. The van der Waals surface area contributed by atoms with Crippen LogP contribution in [0.1, 0.15) is 13.3 Å². The molecule has 1 aromatic rings. The summed E-state index contributed by atoms with van der Waals surface area (Å²) >= 11 is 0. The molecule has 1 aromatic carbocycles. The number of amides is 1. The average Bonchev–Trinajstić information content (AvgIpc) is 2.46. The molecule has 0 fully saturated rings. The van der Waals surface area contributed by atoms with Crippen molar-refractivity contribution in [2.45, 2.75) is 18.2 Å². The highest BCUT2D eigenvalue weighted by Crippen LogP contribution is 2.10. The lowest BCUT2D eigenvalue weighted by atomic mass is 10.1. The first kappa shape index (κ1) is 16.9. The summed E-state index contributed by atoms with van der Waals surface area (Å²) in [4.78, 5) is 22.2. The van der Waals surface area contributed by atoms with Gasteiger partial charge in [0.2, 0.25) is 5.91 Å². The van der Waals surface area contributed by atoms with Gasteiger partial charge in [-0.1, -0.05) is 25.1 Å². The molecule has 21 heavy (non-hydrogen) atoms. The number of carbonyl (C=O) groups excluding carboxylic acids is 1. The smallest absolute Gasteiger partial charge is 0.306 e. The molecule has 0 saturated heterocycles. The van der Waals surface area contributed by atoms with Crippen LogP contribution >= 0.6 is 0 Å². The van der Waals surface area contributed by atoms with Crippen LogP contribution in [0.15, 0.2) is 46.7 Å².